The van der Waals surface area contributed by atoms with Crippen molar-refractivity contribution in [2.75, 3.05) is 28.6 Å². The zero-order valence-electron chi connectivity index (χ0n) is 18.9. The van der Waals surface area contributed by atoms with E-state index in [-0.39, 0.29) is 17.7 Å². The van der Waals surface area contributed by atoms with Crippen molar-refractivity contribution in [2.24, 2.45) is 5.92 Å². The van der Waals surface area contributed by atoms with Gasteiger partial charge < -0.3 is 20.5 Å². The van der Waals surface area contributed by atoms with Gasteiger partial charge in [0.05, 0.1) is 5.39 Å². The number of rotatable bonds is 5. The molecule has 1 fully saturated rings. The Hall–Kier alpha value is -4.20. The van der Waals surface area contributed by atoms with Crippen LogP contribution in [0.5, 0.6) is 0 Å². The Morgan fingerprint density at radius 2 is 1.71 bits per heavy atom. The molecule has 3 N–H and O–H groups in total. The van der Waals surface area contributed by atoms with Crippen LogP contribution in [-0.2, 0) is 4.79 Å². The maximum absolute atomic E-state index is 12.9. The van der Waals surface area contributed by atoms with E-state index in [2.05, 4.69) is 30.5 Å². The Morgan fingerprint density at radius 1 is 0.971 bits per heavy atom. The van der Waals surface area contributed by atoms with Gasteiger partial charge in [0.15, 0.2) is 0 Å². The number of carbonyl (C=O) groups is 2. The molecule has 172 valence electrons. The molecule has 8 heteroatoms. The normalized spacial score (nSPS) is 14.2. The van der Waals surface area contributed by atoms with Crippen LogP contribution < -0.4 is 15.5 Å². The number of hydrogen-bond donors (Lipinski definition) is 3. The molecule has 8 nitrogen and oxygen atoms in total. The molecule has 0 atom stereocenters. The molecule has 1 aliphatic heterocycles. The van der Waals surface area contributed by atoms with Crippen molar-refractivity contribution in [3.8, 4) is 0 Å². The molecule has 4 aromatic rings. The molecule has 0 aliphatic carbocycles. The van der Waals surface area contributed by atoms with Gasteiger partial charge in [0.1, 0.15) is 17.8 Å². The second kappa shape index (κ2) is 9.35. The lowest BCUT2D eigenvalue weighted by molar-refractivity contribution is -0.120. The van der Waals surface area contributed by atoms with Crippen molar-refractivity contribution < 1.29 is 9.59 Å². The van der Waals surface area contributed by atoms with Crippen molar-refractivity contribution in [1.29, 1.82) is 0 Å². The average Bonchev–Trinajstić information content (AvgIpc) is 3.26. The number of anilines is 3. The Morgan fingerprint density at radius 3 is 2.47 bits per heavy atom. The fourth-order valence-electron chi connectivity index (χ4n) is 4.40. The molecule has 2 aromatic heterocycles. The van der Waals surface area contributed by atoms with Gasteiger partial charge in [0, 0.05) is 42.1 Å². The molecule has 0 radical (unpaired) electrons. The highest BCUT2D eigenvalue weighted by atomic mass is 16.2. The third-order valence-corrected chi connectivity index (χ3v) is 6.24. The van der Waals surface area contributed by atoms with E-state index in [1.165, 1.54) is 0 Å². The number of benzene rings is 2. The van der Waals surface area contributed by atoms with Crippen molar-refractivity contribution in [3.05, 3.63) is 78.2 Å². The Bertz CT molecular complexity index is 1330. The predicted molar refractivity (Wildman–Crippen MR) is 133 cm³/mol. The lowest BCUT2D eigenvalue weighted by Gasteiger charge is -2.32. The van der Waals surface area contributed by atoms with E-state index in [0.717, 1.165) is 48.3 Å². The van der Waals surface area contributed by atoms with Gasteiger partial charge in [0.2, 0.25) is 5.91 Å². The molecule has 0 spiro atoms. The fraction of sp³-hybridized carbons (Fsp3) is 0.231. The number of H-pyrrole nitrogens is 1. The largest absolute Gasteiger partial charge is 0.356 e. The minimum Gasteiger partial charge on any atom is -0.356 e. The SMILES string of the molecule is Cc1c[nH]c2ncnc(N3CCC(C(=O)Nc4cccc(NC(=O)c5ccccc5)c4)CC3)c12. The van der Waals surface area contributed by atoms with Gasteiger partial charge in [0.25, 0.3) is 5.91 Å². The van der Waals surface area contributed by atoms with Gasteiger partial charge in [-0.15, -0.1) is 0 Å². The second-order valence-electron chi connectivity index (χ2n) is 8.54. The first kappa shape index (κ1) is 21.6. The van der Waals surface area contributed by atoms with E-state index < -0.39 is 0 Å². The molecule has 0 unspecified atom stereocenters. The highest BCUT2D eigenvalue weighted by molar-refractivity contribution is 6.04. The molecule has 1 saturated heterocycles. The van der Waals surface area contributed by atoms with Gasteiger partial charge in [-0.05, 0) is 55.7 Å². The lowest BCUT2D eigenvalue weighted by Crippen LogP contribution is -2.38. The van der Waals surface area contributed by atoms with E-state index in [1.54, 1.807) is 30.6 Å². The van der Waals surface area contributed by atoms with Crippen LogP contribution >= 0.6 is 0 Å². The minimum atomic E-state index is -0.187. The molecule has 2 aromatic carbocycles. The van der Waals surface area contributed by atoms with Gasteiger partial charge in [-0.3, -0.25) is 9.59 Å². The van der Waals surface area contributed by atoms with Crippen LogP contribution in [0.1, 0.15) is 28.8 Å². The number of hydrogen-bond acceptors (Lipinski definition) is 5. The smallest absolute Gasteiger partial charge is 0.255 e. The van der Waals surface area contributed by atoms with Crippen LogP contribution in [0.4, 0.5) is 17.2 Å². The molecule has 0 bridgehead atoms. The van der Waals surface area contributed by atoms with E-state index in [9.17, 15) is 9.59 Å². The van der Waals surface area contributed by atoms with Gasteiger partial charge >= 0.3 is 0 Å². The van der Waals surface area contributed by atoms with Crippen LogP contribution in [0, 0.1) is 12.8 Å². The highest BCUT2D eigenvalue weighted by Crippen LogP contribution is 2.30. The second-order valence-corrected chi connectivity index (χ2v) is 8.54. The van der Waals surface area contributed by atoms with Gasteiger partial charge in [-0.1, -0.05) is 24.3 Å². The number of nitrogens with one attached hydrogen (secondary N) is 3. The monoisotopic (exact) mass is 454 g/mol. The first-order chi connectivity index (χ1) is 16.6. The highest BCUT2D eigenvalue weighted by Gasteiger charge is 2.27. The maximum atomic E-state index is 12.9. The zero-order valence-corrected chi connectivity index (χ0v) is 18.9. The summed E-state index contributed by atoms with van der Waals surface area (Å²) in [6, 6.07) is 16.3. The number of piperidine rings is 1. The van der Waals surface area contributed by atoms with Crippen LogP contribution in [0.15, 0.2) is 67.1 Å². The van der Waals surface area contributed by atoms with Gasteiger partial charge in [-0.2, -0.15) is 0 Å². The molecular weight excluding hydrogens is 428 g/mol. The van der Waals surface area contributed by atoms with E-state index in [4.69, 9.17) is 0 Å². The molecular formula is C26H26N6O2. The Balaban J connectivity index is 1.20. The van der Waals surface area contributed by atoms with Crippen LogP contribution in [0.25, 0.3) is 11.0 Å². The summed E-state index contributed by atoms with van der Waals surface area (Å²) in [7, 11) is 0. The number of aryl methyl sites for hydroxylation is 1. The Kier molecular flexibility index (Phi) is 5.95. The number of aromatic nitrogens is 3. The maximum Gasteiger partial charge on any atom is 0.255 e. The van der Waals surface area contributed by atoms with Crippen molar-refractivity contribution in [2.45, 2.75) is 19.8 Å². The van der Waals surface area contributed by atoms with Crippen LogP contribution in [0.3, 0.4) is 0 Å². The first-order valence-corrected chi connectivity index (χ1v) is 11.4. The van der Waals surface area contributed by atoms with Crippen molar-refractivity contribution in [1.82, 2.24) is 15.0 Å². The first-order valence-electron chi connectivity index (χ1n) is 11.4. The fourth-order valence-corrected chi connectivity index (χ4v) is 4.40. The number of nitrogens with zero attached hydrogens (tertiary/aromatic N) is 3. The molecule has 1 aliphatic rings. The average molecular weight is 455 g/mol. The molecule has 0 saturated carbocycles. The van der Waals surface area contributed by atoms with E-state index >= 15 is 0 Å². The summed E-state index contributed by atoms with van der Waals surface area (Å²) >= 11 is 0. The number of carbonyl (C=O) groups excluding carboxylic acids is 2. The molecule has 3 heterocycles. The number of amides is 2. The summed E-state index contributed by atoms with van der Waals surface area (Å²) in [5.41, 5.74) is 3.83. The standard InChI is InChI=1S/C26H26N6O2/c1-17-15-27-23-22(17)24(29-16-28-23)32-12-10-19(11-13-32)26(34)31-21-9-5-8-20(14-21)30-25(33)18-6-3-2-4-7-18/h2-9,14-16,19H,10-13H2,1H3,(H,30,33)(H,31,34)(H,27,28,29). The third-order valence-electron chi connectivity index (χ3n) is 6.24. The number of aromatic amines is 1. The summed E-state index contributed by atoms with van der Waals surface area (Å²) in [5, 5.41) is 6.94. The lowest BCUT2D eigenvalue weighted by atomic mass is 9.95. The van der Waals surface area contributed by atoms with Crippen LogP contribution in [-0.4, -0.2) is 39.9 Å². The number of fused-ring (bicyclic) bond motifs is 1. The summed E-state index contributed by atoms with van der Waals surface area (Å²) in [4.78, 5) is 39.6. The van der Waals surface area contributed by atoms with E-state index in [1.807, 2.05) is 43.5 Å². The topological polar surface area (TPSA) is 103 Å². The minimum absolute atomic E-state index is 0.00292. The third kappa shape index (κ3) is 4.47. The molecule has 5 rings (SSSR count). The summed E-state index contributed by atoms with van der Waals surface area (Å²) in [6.07, 6.45) is 5.01. The quantitative estimate of drug-likeness (QED) is 0.415. The predicted octanol–water partition coefficient (Wildman–Crippen LogP) is 4.37. The van der Waals surface area contributed by atoms with E-state index in [0.29, 0.717) is 16.9 Å². The van der Waals surface area contributed by atoms with Gasteiger partial charge in [-0.25, -0.2) is 9.97 Å². The molecule has 34 heavy (non-hydrogen) atoms. The zero-order chi connectivity index (χ0) is 23.5. The summed E-state index contributed by atoms with van der Waals surface area (Å²) in [5.74, 6) is 0.651. The summed E-state index contributed by atoms with van der Waals surface area (Å²) < 4.78 is 0. The van der Waals surface area contributed by atoms with Crippen LogP contribution in [0.2, 0.25) is 0 Å². The Labute approximate surface area is 197 Å². The molecule has 2 amide bonds. The van der Waals surface area contributed by atoms with Crippen molar-refractivity contribution >= 4 is 40.0 Å². The van der Waals surface area contributed by atoms with Crippen molar-refractivity contribution in [3.63, 3.8) is 0 Å². The summed E-state index contributed by atoms with van der Waals surface area (Å²) in [6.45, 7) is 3.55.